The summed E-state index contributed by atoms with van der Waals surface area (Å²) >= 11 is 0. The third-order valence-electron chi connectivity index (χ3n) is 4.81. The summed E-state index contributed by atoms with van der Waals surface area (Å²) < 4.78 is 5.34. The highest BCUT2D eigenvalue weighted by Gasteiger charge is 2.21. The van der Waals surface area contributed by atoms with E-state index >= 15 is 0 Å². The third kappa shape index (κ3) is 5.31. The lowest BCUT2D eigenvalue weighted by Crippen LogP contribution is -2.33. The minimum Gasteiger partial charge on any atom is -0.477 e. The number of hydrogen-bond acceptors (Lipinski definition) is 5. The summed E-state index contributed by atoms with van der Waals surface area (Å²) in [5.41, 5.74) is 1.26. The van der Waals surface area contributed by atoms with Crippen LogP contribution in [0, 0.1) is 17.0 Å². The smallest absolute Gasteiger partial charge is 0.311 e. The summed E-state index contributed by atoms with van der Waals surface area (Å²) in [5, 5.41) is 16.8. The van der Waals surface area contributed by atoms with Crippen molar-refractivity contribution in [2.24, 2.45) is 0 Å². The molecule has 0 heterocycles. The van der Waals surface area contributed by atoms with Crippen LogP contribution in [0.5, 0.6) is 5.75 Å². The molecule has 2 N–H and O–H groups in total. The van der Waals surface area contributed by atoms with Crippen LogP contribution in [0.4, 0.5) is 11.4 Å². The van der Waals surface area contributed by atoms with Gasteiger partial charge in [-0.3, -0.25) is 19.7 Å². The van der Waals surface area contributed by atoms with Crippen LogP contribution < -0.4 is 15.4 Å². The molecule has 8 nitrogen and oxygen atoms in total. The highest BCUT2D eigenvalue weighted by atomic mass is 16.6. The minimum absolute atomic E-state index is 0.0167. The van der Waals surface area contributed by atoms with Crippen molar-refractivity contribution in [3.63, 3.8) is 0 Å². The van der Waals surface area contributed by atoms with E-state index < -0.39 is 17.4 Å². The Kier molecular flexibility index (Phi) is 6.43. The Balaban J connectivity index is 1.64. The van der Waals surface area contributed by atoms with E-state index in [1.807, 2.05) is 0 Å². The lowest BCUT2D eigenvalue weighted by Gasteiger charge is -2.15. The maximum absolute atomic E-state index is 12.6. The summed E-state index contributed by atoms with van der Waals surface area (Å²) in [4.78, 5) is 35.5. The molecule has 0 atom stereocenters. The van der Waals surface area contributed by atoms with Gasteiger partial charge in [0.05, 0.1) is 16.2 Å². The van der Waals surface area contributed by atoms with Crippen LogP contribution in [0.25, 0.3) is 0 Å². The number of aryl methyl sites for hydroxylation is 1. The number of rotatable bonds is 7. The van der Waals surface area contributed by atoms with Crippen LogP contribution in [-0.2, 0) is 4.79 Å². The number of hydrogen-bond donors (Lipinski definition) is 2. The van der Waals surface area contributed by atoms with Gasteiger partial charge >= 0.3 is 5.69 Å². The van der Waals surface area contributed by atoms with Crippen LogP contribution in [0.2, 0.25) is 0 Å². The van der Waals surface area contributed by atoms with Crippen molar-refractivity contribution >= 4 is 23.2 Å². The molecule has 152 valence electrons. The Morgan fingerprint density at radius 3 is 2.62 bits per heavy atom. The van der Waals surface area contributed by atoms with E-state index in [2.05, 4.69) is 10.6 Å². The van der Waals surface area contributed by atoms with Crippen molar-refractivity contribution < 1.29 is 19.2 Å². The highest BCUT2D eigenvalue weighted by molar-refractivity contribution is 6.04. The van der Waals surface area contributed by atoms with Crippen LogP contribution >= 0.6 is 0 Å². The van der Waals surface area contributed by atoms with Crippen LogP contribution in [0.1, 0.15) is 41.6 Å². The van der Waals surface area contributed by atoms with E-state index in [1.54, 1.807) is 37.3 Å². The number of nitro groups is 1. The molecular formula is C21H23N3O5. The Morgan fingerprint density at radius 2 is 1.90 bits per heavy atom. The predicted molar refractivity (Wildman–Crippen MR) is 108 cm³/mol. The van der Waals surface area contributed by atoms with Gasteiger partial charge in [0.2, 0.25) is 0 Å². The predicted octanol–water partition coefficient (Wildman–Crippen LogP) is 3.59. The molecule has 0 aliphatic heterocycles. The summed E-state index contributed by atoms with van der Waals surface area (Å²) in [5.74, 6) is -0.730. The molecule has 29 heavy (non-hydrogen) atoms. The highest BCUT2D eigenvalue weighted by Crippen LogP contribution is 2.27. The zero-order valence-electron chi connectivity index (χ0n) is 16.1. The number of para-hydroxylation sites is 1. The van der Waals surface area contributed by atoms with Gasteiger partial charge in [-0.05, 0) is 43.5 Å². The van der Waals surface area contributed by atoms with Gasteiger partial charge in [-0.15, -0.1) is 0 Å². The molecule has 8 heteroatoms. The van der Waals surface area contributed by atoms with Crippen molar-refractivity contribution in [2.45, 2.75) is 38.6 Å². The van der Waals surface area contributed by atoms with Crippen molar-refractivity contribution in [2.75, 3.05) is 11.9 Å². The first-order chi connectivity index (χ1) is 13.9. The lowest BCUT2D eigenvalue weighted by molar-refractivity contribution is -0.385. The zero-order chi connectivity index (χ0) is 20.8. The van der Waals surface area contributed by atoms with E-state index in [9.17, 15) is 19.7 Å². The summed E-state index contributed by atoms with van der Waals surface area (Å²) in [6.07, 6.45) is 4.13. The molecule has 2 aromatic rings. The van der Waals surface area contributed by atoms with E-state index in [0.29, 0.717) is 11.3 Å². The molecule has 0 spiro atoms. The van der Waals surface area contributed by atoms with Gasteiger partial charge in [0, 0.05) is 12.1 Å². The summed E-state index contributed by atoms with van der Waals surface area (Å²) in [7, 11) is 0. The third-order valence-corrected chi connectivity index (χ3v) is 4.81. The maximum Gasteiger partial charge on any atom is 0.311 e. The molecule has 0 saturated heterocycles. The second-order valence-corrected chi connectivity index (χ2v) is 7.07. The normalized spacial score (nSPS) is 13.7. The first-order valence-corrected chi connectivity index (χ1v) is 9.51. The van der Waals surface area contributed by atoms with Crippen LogP contribution in [0.3, 0.4) is 0 Å². The van der Waals surface area contributed by atoms with Gasteiger partial charge in [-0.25, -0.2) is 0 Å². The molecule has 1 fully saturated rings. The quantitative estimate of drug-likeness (QED) is 0.548. The number of benzene rings is 2. The SMILES string of the molecule is Cc1ccc(OCC(=O)Nc2ccccc2C(=O)NC2CCCC2)c([N+](=O)[O-])c1. The fourth-order valence-corrected chi connectivity index (χ4v) is 3.35. The first-order valence-electron chi connectivity index (χ1n) is 9.51. The monoisotopic (exact) mass is 397 g/mol. The van der Waals surface area contributed by atoms with Gasteiger partial charge in [0.1, 0.15) is 0 Å². The Hall–Kier alpha value is -3.42. The van der Waals surface area contributed by atoms with Gasteiger partial charge in [0.25, 0.3) is 11.8 Å². The molecule has 0 unspecified atom stereocenters. The molecule has 1 aliphatic carbocycles. The average molecular weight is 397 g/mol. The fourth-order valence-electron chi connectivity index (χ4n) is 3.35. The molecule has 0 radical (unpaired) electrons. The number of nitro benzene ring substituents is 1. The molecule has 2 aromatic carbocycles. The van der Waals surface area contributed by atoms with Gasteiger partial charge in [0.15, 0.2) is 12.4 Å². The van der Waals surface area contributed by atoms with E-state index in [1.165, 1.54) is 12.1 Å². The number of ether oxygens (including phenoxy) is 1. The van der Waals surface area contributed by atoms with E-state index in [0.717, 1.165) is 31.2 Å². The van der Waals surface area contributed by atoms with Gasteiger partial charge < -0.3 is 15.4 Å². The first kappa shape index (κ1) is 20.3. The molecule has 1 aliphatic rings. The minimum atomic E-state index is -0.553. The van der Waals surface area contributed by atoms with Crippen molar-refractivity contribution in [3.8, 4) is 5.75 Å². The summed E-state index contributed by atoms with van der Waals surface area (Å²) in [6, 6.07) is 11.4. The van der Waals surface area contributed by atoms with E-state index in [4.69, 9.17) is 4.74 Å². The summed E-state index contributed by atoms with van der Waals surface area (Å²) in [6.45, 7) is 1.32. The topological polar surface area (TPSA) is 111 Å². The fraction of sp³-hybridized carbons (Fsp3) is 0.333. The molecular weight excluding hydrogens is 374 g/mol. The molecule has 2 amide bonds. The second kappa shape index (κ2) is 9.18. The Morgan fingerprint density at radius 1 is 1.17 bits per heavy atom. The molecule has 1 saturated carbocycles. The Bertz CT molecular complexity index is 922. The van der Waals surface area contributed by atoms with Crippen LogP contribution in [0.15, 0.2) is 42.5 Å². The maximum atomic E-state index is 12.6. The number of nitrogens with one attached hydrogen (secondary N) is 2. The number of carbonyl (C=O) groups is 2. The van der Waals surface area contributed by atoms with Gasteiger partial charge in [-0.1, -0.05) is 31.0 Å². The van der Waals surface area contributed by atoms with Gasteiger partial charge in [-0.2, -0.15) is 0 Å². The lowest BCUT2D eigenvalue weighted by atomic mass is 10.1. The largest absolute Gasteiger partial charge is 0.477 e. The zero-order valence-corrected chi connectivity index (χ0v) is 16.1. The number of anilines is 1. The van der Waals surface area contributed by atoms with E-state index in [-0.39, 0.29) is 23.4 Å². The second-order valence-electron chi connectivity index (χ2n) is 7.07. The van der Waals surface area contributed by atoms with Crippen molar-refractivity contribution in [1.82, 2.24) is 5.32 Å². The molecule has 3 rings (SSSR count). The number of carbonyl (C=O) groups excluding carboxylic acids is 2. The van der Waals surface area contributed by atoms with Crippen molar-refractivity contribution in [3.05, 3.63) is 63.7 Å². The van der Waals surface area contributed by atoms with Crippen molar-refractivity contribution in [1.29, 1.82) is 0 Å². The molecule has 0 bridgehead atoms. The number of amides is 2. The molecule has 0 aromatic heterocycles. The standard InChI is InChI=1S/C21H23N3O5/c1-14-10-11-19(18(12-14)24(27)28)29-13-20(25)23-17-9-5-4-8-16(17)21(26)22-15-6-2-3-7-15/h4-5,8-12,15H,2-3,6-7,13H2,1H3,(H,22,26)(H,23,25). The van der Waals surface area contributed by atoms with Crippen LogP contribution in [-0.4, -0.2) is 29.4 Å². The number of nitrogens with zero attached hydrogens (tertiary/aromatic N) is 1. The Labute approximate surface area is 168 Å². The average Bonchev–Trinajstić information content (AvgIpc) is 3.20.